The number of unbranched alkanes of at least 4 members (excludes halogenated alkanes) is 2. The first-order chi connectivity index (χ1) is 12.7. The van der Waals surface area contributed by atoms with Gasteiger partial charge in [-0.2, -0.15) is 0 Å². The Kier molecular flexibility index (Phi) is 9.95. The van der Waals surface area contributed by atoms with Gasteiger partial charge in [0, 0.05) is 24.7 Å². The van der Waals surface area contributed by atoms with Crippen molar-refractivity contribution >= 4 is 11.8 Å². The Morgan fingerprint density at radius 2 is 2.00 bits per heavy atom. The van der Waals surface area contributed by atoms with Crippen LogP contribution < -0.4 is 0 Å². The number of carboxylic acid groups (broad SMARTS) is 1. The fourth-order valence-corrected chi connectivity index (χ4v) is 3.53. The summed E-state index contributed by atoms with van der Waals surface area (Å²) in [6, 6.07) is 0. The van der Waals surface area contributed by atoms with E-state index < -0.39 is 18.2 Å². The van der Waals surface area contributed by atoms with Crippen LogP contribution in [-0.2, 0) is 9.59 Å². The highest BCUT2D eigenvalue weighted by atomic mass is 16.4. The van der Waals surface area contributed by atoms with Crippen LogP contribution in [0, 0.1) is 17.3 Å². The monoisotopic (exact) mass is 380 g/mol. The molecule has 4 atom stereocenters. The molecule has 1 aliphatic rings. The SMILES string of the molecule is CCCCC(C)(C)[C@@H](O)/C=C\[C@H]1[C@@H](O)CC(=O)[C@@H]1C/C=C\CCCC(=O)O. The third-order valence-electron chi connectivity index (χ3n) is 5.54. The molecule has 0 aromatic rings. The number of aliphatic hydroxyl groups is 2. The fourth-order valence-electron chi connectivity index (χ4n) is 3.53. The van der Waals surface area contributed by atoms with Gasteiger partial charge in [-0.15, -0.1) is 0 Å². The van der Waals surface area contributed by atoms with E-state index in [1.807, 2.05) is 32.1 Å². The highest BCUT2D eigenvalue weighted by Crippen LogP contribution is 2.35. The van der Waals surface area contributed by atoms with Crippen molar-refractivity contribution < 1.29 is 24.9 Å². The number of allylic oxidation sites excluding steroid dienone is 2. The average molecular weight is 381 g/mol. The van der Waals surface area contributed by atoms with Gasteiger partial charge < -0.3 is 15.3 Å². The number of carbonyl (C=O) groups excluding carboxylic acids is 1. The molecule has 0 heterocycles. The van der Waals surface area contributed by atoms with E-state index >= 15 is 0 Å². The Bertz CT molecular complexity index is 535. The number of carboxylic acids is 1. The molecule has 5 nitrogen and oxygen atoms in total. The summed E-state index contributed by atoms with van der Waals surface area (Å²) in [5.41, 5.74) is -0.236. The van der Waals surface area contributed by atoms with Gasteiger partial charge in [0.15, 0.2) is 0 Å². The molecular weight excluding hydrogens is 344 g/mol. The van der Waals surface area contributed by atoms with Crippen molar-refractivity contribution in [2.45, 2.75) is 84.3 Å². The lowest BCUT2D eigenvalue weighted by Gasteiger charge is -2.29. The van der Waals surface area contributed by atoms with E-state index in [0.717, 1.165) is 19.3 Å². The highest BCUT2D eigenvalue weighted by Gasteiger charge is 2.39. The van der Waals surface area contributed by atoms with Crippen LogP contribution in [0.5, 0.6) is 0 Å². The first kappa shape index (κ1) is 23.6. The average Bonchev–Trinajstić information content (AvgIpc) is 2.86. The van der Waals surface area contributed by atoms with Crippen LogP contribution in [0.1, 0.15) is 72.1 Å². The van der Waals surface area contributed by atoms with Crippen molar-refractivity contribution in [2.75, 3.05) is 0 Å². The standard InChI is InChI=1S/C22H36O5/c1-4-5-14-22(2,3)20(25)13-12-17-16(18(23)15-19(17)24)10-8-6-7-9-11-21(26)27/h6,8,12-13,16-17,19-20,24-25H,4-5,7,9-11,14-15H2,1-3H3,(H,26,27)/b8-6-,13-12-/t16-,17-,19+,20+/m1/s1. The van der Waals surface area contributed by atoms with Gasteiger partial charge in [-0.25, -0.2) is 0 Å². The van der Waals surface area contributed by atoms with Crippen LogP contribution in [0.15, 0.2) is 24.3 Å². The summed E-state index contributed by atoms with van der Waals surface area (Å²) in [6.45, 7) is 6.19. The molecular formula is C22H36O5. The predicted octanol–water partition coefficient (Wildman–Crippen LogP) is 3.89. The van der Waals surface area contributed by atoms with E-state index in [2.05, 4.69) is 6.92 Å². The lowest BCUT2D eigenvalue weighted by Crippen LogP contribution is -2.28. The van der Waals surface area contributed by atoms with Crippen LogP contribution >= 0.6 is 0 Å². The minimum Gasteiger partial charge on any atom is -0.481 e. The molecule has 0 bridgehead atoms. The highest BCUT2D eigenvalue weighted by molar-refractivity contribution is 5.84. The second-order valence-corrected chi connectivity index (χ2v) is 8.34. The van der Waals surface area contributed by atoms with E-state index in [-0.39, 0.29) is 35.9 Å². The molecule has 1 saturated carbocycles. The minimum absolute atomic E-state index is 0.0482. The van der Waals surface area contributed by atoms with Crippen molar-refractivity contribution in [2.24, 2.45) is 17.3 Å². The van der Waals surface area contributed by atoms with Crippen LogP contribution in [0.3, 0.4) is 0 Å². The first-order valence-electron chi connectivity index (χ1n) is 10.1. The molecule has 0 spiro atoms. The molecule has 0 saturated heterocycles. The Morgan fingerprint density at radius 3 is 2.63 bits per heavy atom. The molecule has 27 heavy (non-hydrogen) atoms. The van der Waals surface area contributed by atoms with Crippen LogP contribution in [0.4, 0.5) is 0 Å². The number of aliphatic hydroxyl groups excluding tert-OH is 2. The zero-order valence-corrected chi connectivity index (χ0v) is 16.9. The van der Waals surface area contributed by atoms with Gasteiger partial charge in [-0.05, 0) is 31.1 Å². The van der Waals surface area contributed by atoms with Gasteiger partial charge in [-0.3, -0.25) is 9.59 Å². The molecule has 0 aromatic heterocycles. The zero-order valence-electron chi connectivity index (χ0n) is 16.9. The van der Waals surface area contributed by atoms with E-state index in [9.17, 15) is 19.8 Å². The number of Topliss-reactive ketones (excluding diaryl/α,β-unsaturated/α-hetero) is 1. The van der Waals surface area contributed by atoms with E-state index in [1.165, 1.54) is 0 Å². The Labute approximate surface area is 163 Å². The fraction of sp³-hybridized carbons (Fsp3) is 0.727. The molecule has 0 aromatic carbocycles. The third kappa shape index (κ3) is 7.97. The van der Waals surface area contributed by atoms with E-state index in [1.54, 1.807) is 6.08 Å². The maximum Gasteiger partial charge on any atom is 0.303 e. The molecule has 0 unspecified atom stereocenters. The second-order valence-electron chi connectivity index (χ2n) is 8.34. The summed E-state index contributed by atoms with van der Waals surface area (Å²) in [5, 5.41) is 29.4. The molecule has 0 amide bonds. The smallest absolute Gasteiger partial charge is 0.303 e. The lowest BCUT2D eigenvalue weighted by molar-refractivity contribution is -0.137. The summed E-state index contributed by atoms with van der Waals surface area (Å²) in [6.07, 6.45) is 11.2. The van der Waals surface area contributed by atoms with Crippen molar-refractivity contribution in [3.63, 3.8) is 0 Å². The number of hydrogen-bond acceptors (Lipinski definition) is 4. The number of carbonyl (C=O) groups is 2. The quantitative estimate of drug-likeness (QED) is 0.353. The molecule has 154 valence electrons. The van der Waals surface area contributed by atoms with Gasteiger partial charge in [0.25, 0.3) is 0 Å². The van der Waals surface area contributed by atoms with Crippen LogP contribution in [0.25, 0.3) is 0 Å². The van der Waals surface area contributed by atoms with Gasteiger partial charge >= 0.3 is 5.97 Å². The number of ketones is 1. The zero-order chi connectivity index (χ0) is 20.4. The maximum absolute atomic E-state index is 12.2. The number of hydrogen-bond donors (Lipinski definition) is 3. The molecule has 1 fully saturated rings. The van der Waals surface area contributed by atoms with E-state index in [0.29, 0.717) is 19.3 Å². The molecule has 1 aliphatic carbocycles. The Morgan fingerprint density at radius 1 is 1.30 bits per heavy atom. The molecule has 0 radical (unpaired) electrons. The summed E-state index contributed by atoms with van der Waals surface area (Å²) in [7, 11) is 0. The van der Waals surface area contributed by atoms with Gasteiger partial charge in [0.2, 0.25) is 0 Å². The lowest BCUT2D eigenvalue weighted by atomic mass is 9.80. The molecule has 1 rings (SSSR count). The molecule has 0 aliphatic heterocycles. The molecule has 5 heteroatoms. The number of rotatable bonds is 12. The van der Waals surface area contributed by atoms with Crippen LogP contribution in [0.2, 0.25) is 0 Å². The van der Waals surface area contributed by atoms with Crippen molar-refractivity contribution in [1.29, 1.82) is 0 Å². The Balaban J connectivity index is 2.63. The summed E-state index contributed by atoms with van der Waals surface area (Å²) in [5.74, 6) is -1.31. The largest absolute Gasteiger partial charge is 0.481 e. The molecule has 3 N–H and O–H groups in total. The normalized spacial score (nSPS) is 24.9. The number of aliphatic carboxylic acids is 1. The summed E-state index contributed by atoms with van der Waals surface area (Å²) >= 11 is 0. The van der Waals surface area contributed by atoms with Crippen molar-refractivity contribution in [3.05, 3.63) is 24.3 Å². The van der Waals surface area contributed by atoms with Gasteiger partial charge in [0.05, 0.1) is 12.2 Å². The van der Waals surface area contributed by atoms with Crippen molar-refractivity contribution in [1.82, 2.24) is 0 Å². The Hall–Kier alpha value is -1.46. The van der Waals surface area contributed by atoms with Gasteiger partial charge in [-0.1, -0.05) is 57.9 Å². The summed E-state index contributed by atoms with van der Waals surface area (Å²) < 4.78 is 0. The van der Waals surface area contributed by atoms with Gasteiger partial charge in [0.1, 0.15) is 5.78 Å². The van der Waals surface area contributed by atoms with Crippen LogP contribution in [-0.4, -0.2) is 39.3 Å². The second kappa shape index (κ2) is 11.4. The van der Waals surface area contributed by atoms with Crippen molar-refractivity contribution in [3.8, 4) is 0 Å². The topological polar surface area (TPSA) is 94.8 Å². The third-order valence-corrected chi connectivity index (χ3v) is 5.54. The summed E-state index contributed by atoms with van der Waals surface area (Å²) in [4.78, 5) is 22.7. The minimum atomic E-state index is -0.803. The first-order valence-corrected chi connectivity index (χ1v) is 10.1. The van der Waals surface area contributed by atoms with E-state index in [4.69, 9.17) is 5.11 Å². The maximum atomic E-state index is 12.2. The predicted molar refractivity (Wildman–Crippen MR) is 106 cm³/mol.